The fourth-order valence-electron chi connectivity index (χ4n) is 4.99. The molecule has 3 nitrogen and oxygen atoms in total. The fraction of sp³-hybridized carbons (Fsp3) is 0.931. The van der Waals surface area contributed by atoms with Gasteiger partial charge in [-0.1, -0.05) is 120 Å². The van der Waals surface area contributed by atoms with Crippen LogP contribution in [0, 0.1) is 0 Å². The van der Waals surface area contributed by atoms with E-state index in [1.165, 1.54) is 116 Å². The van der Waals surface area contributed by atoms with Crippen LogP contribution in [0.3, 0.4) is 0 Å². The van der Waals surface area contributed by atoms with Gasteiger partial charge in [0.15, 0.2) is 0 Å². The van der Waals surface area contributed by atoms with Crippen LogP contribution in [0.1, 0.15) is 149 Å². The zero-order valence-electron chi connectivity index (χ0n) is 23.2. The second kappa shape index (κ2) is 21.1. The molecule has 0 N–H and O–H groups in total. The van der Waals surface area contributed by atoms with Crippen molar-refractivity contribution in [2.24, 2.45) is 0 Å². The van der Waals surface area contributed by atoms with Crippen LogP contribution in [0.25, 0.3) is 0 Å². The number of hydrogen-bond donors (Lipinski definition) is 0. The zero-order valence-corrected chi connectivity index (χ0v) is 24.1. The SMILES string of the molecule is CCCCCC=CCCCCCCCCCCCCCCCCC(CC)([P+](=O)[O-])[N+](C)(C)C. The molecule has 4 heteroatoms. The maximum absolute atomic E-state index is 12.0. The Morgan fingerprint density at radius 3 is 1.33 bits per heavy atom. The summed E-state index contributed by atoms with van der Waals surface area (Å²) in [6.07, 6.45) is 31.6. The summed E-state index contributed by atoms with van der Waals surface area (Å²) in [4.78, 5) is 12.0. The van der Waals surface area contributed by atoms with E-state index in [1.807, 2.05) is 28.1 Å². The van der Waals surface area contributed by atoms with Gasteiger partial charge in [0.2, 0.25) is 0 Å². The molecule has 0 heterocycles. The molecule has 0 aromatic heterocycles. The first-order chi connectivity index (χ1) is 15.8. The molecule has 0 saturated carbocycles. The smallest absolute Gasteiger partial charge is 0.376 e. The number of unbranched alkanes of at least 4 members (excludes halogenated alkanes) is 17. The van der Waals surface area contributed by atoms with Crippen LogP contribution in [-0.2, 0) is 4.57 Å². The van der Waals surface area contributed by atoms with Crippen molar-refractivity contribution in [1.82, 2.24) is 0 Å². The predicted octanol–water partition coefficient (Wildman–Crippen LogP) is 9.28. The summed E-state index contributed by atoms with van der Waals surface area (Å²) in [6.45, 7) is 4.28. The van der Waals surface area contributed by atoms with Crippen molar-refractivity contribution >= 4 is 8.03 Å². The lowest BCUT2D eigenvalue weighted by Crippen LogP contribution is -2.55. The van der Waals surface area contributed by atoms with Crippen LogP contribution in [0.4, 0.5) is 0 Å². The second-order valence-corrected chi connectivity index (χ2v) is 12.4. The van der Waals surface area contributed by atoms with Gasteiger partial charge in [-0.25, -0.2) is 0 Å². The number of allylic oxidation sites excluding steroid dienone is 2. The van der Waals surface area contributed by atoms with Crippen LogP contribution in [0.15, 0.2) is 12.2 Å². The monoisotopic (exact) mass is 484 g/mol. The van der Waals surface area contributed by atoms with Gasteiger partial charge < -0.3 is 4.89 Å². The molecule has 0 radical (unpaired) electrons. The second-order valence-electron chi connectivity index (χ2n) is 11.1. The van der Waals surface area contributed by atoms with E-state index in [0.717, 1.165) is 12.8 Å². The molecular formula is C29H59NO2P+. The fourth-order valence-corrected chi connectivity index (χ4v) is 6.08. The van der Waals surface area contributed by atoms with Crippen LogP contribution in [0.5, 0.6) is 0 Å². The topological polar surface area (TPSA) is 40.1 Å². The molecule has 0 aliphatic carbocycles. The summed E-state index contributed by atoms with van der Waals surface area (Å²) < 4.78 is 12.5. The van der Waals surface area contributed by atoms with Gasteiger partial charge in [-0.3, -0.25) is 4.48 Å². The van der Waals surface area contributed by atoms with E-state index in [0.29, 0.717) is 10.9 Å². The van der Waals surface area contributed by atoms with Crippen molar-refractivity contribution in [3.63, 3.8) is 0 Å². The maximum atomic E-state index is 12.0. The first kappa shape index (κ1) is 32.8. The standard InChI is InChI=1S/C29H59NO2P/c1-6-8-9-10-11-12-13-14-15-16-17-18-19-20-21-22-23-24-25-26-27-28-29(7-2,33(31)32)30(3,4)5/h11-12H,6-10,13-28H2,1-5H3/q+1. The molecule has 0 aromatic rings. The maximum Gasteiger partial charge on any atom is 0.376 e. The van der Waals surface area contributed by atoms with Crippen LogP contribution >= 0.6 is 8.03 Å². The van der Waals surface area contributed by atoms with Crippen molar-refractivity contribution < 1.29 is 13.9 Å². The summed E-state index contributed by atoms with van der Waals surface area (Å²) >= 11 is 0. The quantitative estimate of drug-likeness (QED) is 0.0592. The van der Waals surface area contributed by atoms with Gasteiger partial charge in [-0.15, -0.1) is 0 Å². The molecule has 196 valence electrons. The van der Waals surface area contributed by atoms with Gasteiger partial charge in [-0.2, -0.15) is 0 Å². The molecule has 0 aromatic carbocycles. The molecule has 0 aliphatic rings. The van der Waals surface area contributed by atoms with Crippen molar-refractivity contribution in [3.8, 4) is 0 Å². The lowest BCUT2D eigenvalue weighted by atomic mass is 10.0. The van der Waals surface area contributed by atoms with E-state index in [1.54, 1.807) is 0 Å². The molecule has 0 saturated heterocycles. The third-order valence-electron chi connectivity index (χ3n) is 7.49. The highest BCUT2D eigenvalue weighted by Crippen LogP contribution is 2.44. The van der Waals surface area contributed by atoms with Gasteiger partial charge in [0.25, 0.3) is 5.28 Å². The summed E-state index contributed by atoms with van der Waals surface area (Å²) in [7, 11) is 3.64. The number of hydrogen-bond acceptors (Lipinski definition) is 2. The van der Waals surface area contributed by atoms with Crippen LogP contribution in [-0.4, -0.2) is 30.9 Å². The number of quaternary nitrogens is 1. The molecular weight excluding hydrogens is 425 g/mol. The first-order valence-corrected chi connectivity index (χ1v) is 15.6. The minimum absolute atomic E-state index is 0.513. The third-order valence-corrected chi connectivity index (χ3v) is 9.31. The van der Waals surface area contributed by atoms with Gasteiger partial charge in [0.1, 0.15) is 0 Å². The van der Waals surface area contributed by atoms with E-state index in [4.69, 9.17) is 0 Å². The zero-order chi connectivity index (χ0) is 24.8. The van der Waals surface area contributed by atoms with Gasteiger partial charge in [0, 0.05) is 12.8 Å². The Morgan fingerprint density at radius 2 is 1.00 bits per heavy atom. The van der Waals surface area contributed by atoms with E-state index >= 15 is 0 Å². The average molecular weight is 485 g/mol. The molecule has 0 amide bonds. The number of rotatable bonds is 24. The lowest BCUT2D eigenvalue weighted by molar-refractivity contribution is -0.910. The molecule has 0 spiro atoms. The first-order valence-electron chi connectivity index (χ1n) is 14.4. The molecule has 0 aliphatic heterocycles. The minimum atomic E-state index is -2.41. The lowest BCUT2D eigenvalue weighted by Gasteiger charge is -2.39. The van der Waals surface area contributed by atoms with E-state index in [2.05, 4.69) is 19.1 Å². The Morgan fingerprint density at radius 1 is 0.636 bits per heavy atom. The normalized spacial score (nSPS) is 14.7. The molecule has 0 bridgehead atoms. The Balaban J connectivity index is 3.46. The minimum Gasteiger partial charge on any atom is -0.590 e. The Bertz CT molecular complexity index is 487. The largest absolute Gasteiger partial charge is 0.590 e. The molecule has 2 unspecified atom stereocenters. The predicted molar refractivity (Wildman–Crippen MR) is 146 cm³/mol. The Kier molecular flexibility index (Phi) is 20.9. The van der Waals surface area contributed by atoms with Crippen LogP contribution < -0.4 is 4.89 Å². The third kappa shape index (κ3) is 16.1. The molecule has 0 fully saturated rings. The highest BCUT2D eigenvalue weighted by molar-refractivity contribution is 7.38. The highest BCUT2D eigenvalue weighted by atomic mass is 31.1. The van der Waals surface area contributed by atoms with Crippen molar-refractivity contribution in [1.29, 1.82) is 0 Å². The van der Waals surface area contributed by atoms with Crippen molar-refractivity contribution in [2.75, 3.05) is 21.1 Å². The van der Waals surface area contributed by atoms with E-state index < -0.39 is 13.3 Å². The van der Waals surface area contributed by atoms with Crippen molar-refractivity contribution in [3.05, 3.63) is 12.2 Å². The highest BCUT2D eigenvalue weighted by Gasteiger charge is 2.52. The Labute approximate surface area is 209 Å². The van der Waals surface area contributed by atoms with Gasteiger partial charge in [0.05, 0.1) is 21.1 Å². The number of nitrogens with zero attached hydrogens (tertiary/aromatic N) is 1. The van der Waals surface area contributed by atoms with E-state index in [9.17, 15) is 9.46 Å². The average Bonchev–Trinajstić information content (AvgIpc) is 2.76. The summed E-state index contributed by atoms with van der Waals surface area (Å²) in [6, 6.07) is 0. The Hall–Kier alpha value is -0.240. The van der Waals surface area contributed by atoms with Crippen LogP contribution in [0.2, 0.25) is 0 Å². The van der Waals surface area contributed by atoms with E-state index in [-0.39, 0.29) is 0 Å². The molecule has 2 atom stereocenters. The van der Waals surface area contributed by atoms with Gasteiger partial charge in [-0.05, 0) is 32.1 Å². The van der Waals surface area contributed by atoms with Crippen molar-refractivity contribution in [2.45, 2.75) is 154 Å². The summed E-state index contributed by atoms with van der Waals surface area (Å²) in [5, 5.41) is -0.597. The van der Waals surface area contributed by atoms with Gasteiger partial charge >= 0.3 is 8.03 Å². The summed E-state index contributed by atoms with van der Waals surface area (Å²) in [5.74, 6) is 0. The molecule has 33 heavy (non-hydrogen) atoms. The summed E-state index contributed by atoms with van der Waals surface area (Å²) in [5.41, 5.74) is 0. The molecule has 0 rings (SSSR count).